The number of rotatable bonds is 4. The number of hydrogen-bond acceptors (Lipinski definition) is 0. The van der Waals surface area contributed by atoms with Crippen LogP contribution in [0.15, 0.2) is 35.7 Å². The van der Waals surface area contributed by atoms with Crippen LogP contribution in [0, 0.1) is 11.8 Å². The van der Waals surface area contributed by atoms with Crippen molar-refractivity contribution in [1.82, 2.24) is 4.98 Å². The molecule has 1 aromatic rings. The number of allylic oxidation sites excluding steroid dienone is 4. The van der Waals surface area contributed by atoms with Gasteiger partial charge in [-0.3, -0.25) is 0 Å². The van der Waals surface area contributed by atoms with E-state index in [4.69, 9.17) is 0 Å². The predicted octanol–water partition coefficient (Wildman–Crippen LogP) is 8.87. The fourth-order valence-corrected chi connectivity index (χ4v) is 3.06. The number of aromatic nitrogens is 1. The molecule has 0 radical (unpaired) electrons. The van der Waals surface area contributed by atoms with Gasteiger partial charge in [0.1, 0.15) is 0 Å². The van der Waals surface area contributed by atoms with Crippen LogP contribution >= 0.6 is 0 Å². The molecule has 0 saturated carbocycles. The molecule has 0 unspecified atom stereocenters. The monoisotopic (exact) mass is 361 g/mol. The van der Waals surface area contributed by atoms with Crippen molar-refractivity contribution in [2.45, 2.75) is 101 Å². The van der Waals surface area contributed by atoms with E-state index in [1.165, 1.54) is 17.5 Å². The Morgan fingerprint density at radius 1 is 0.654 bits per heavy atom. The first-order chi connectivity index (χ1) is 12.3. The van der Waals surface area contributed by atoms with E-state index >= 15 is 0 Å². The van der Waals surface area contributed by atoms with Crippen molar-refractivity contribution in [3.8, 4) is 0 Å². The Kier molecular flexibility index (Phi) is 15.4. The summed E-state index contributed by atoms with van der Waals surface area (Å²) in [5.74, 6) is 2.70. The quantitative estimate of drug-likeness (QED) is 0.551. The summed E-state index contributed by atoms with van der Waals surface area (Å²) in [5, 5.41) is 0. The van der Waals surface area contributed by atoms with E-state index < -0.39 is 0 Å². The molecular weight excluding hydrogens is 314 g/mol. The fourth-order valence-electron chi connectivity index (χ4n) is 3.06. The first kappa shape index (κ1) is 27.0. The molecule has 0 saturated heterocycles. The maximum Gasteiger partial charge on any atom is 0.00429 e. The van der Waals surface area contributed by atoms with Gasteiger partial charge in [-0.15, -0.1) is 0 Å². The largest absolute Gasteiger partial charge is 0.367 e. The molecule has 1 heterocycles. The van der Waals surface area contributed by atoms with Gasteiger partial charge in [0.25, 0.3) is 0 Å². The van der Waals surface area contributed by atoms with Gasteiger partial charge >= 0.3 is 0 Å². The number of aromatic amines is 1. The zero-order chi connectivity index (χ0) is 20.9. The molecule has 1 heteroatoms. The van der Waals surface area contributed by atoms with E-state index in [1.54, 1.807) is 11.1 Å². The van der Waals surface area contributed by atoms with Crippen molar-refractivity contribution in [1.29, 1.82) is 0 Å². The summed E-state index contributed by atoms with van der Waals surface area (Å²) < 4.78 is 0. The van der Waals surface area contributed by atoms with Crippen molar-refractivity contribution >= 4 is 0 Å². The summed E-state index contributed by atoms with van der Waals surface area (Å²) in [6.07, 6.45) is 9.98. The summed E-state index contributed by atoms with van der Waals surface area (Å²) >= 11 is 0. The molecule has 2 rings (SSSR count). The van der Waals surface area contributed by atoms with E-state index in [9.17, 15) is 0 Å². The molecule has 0 atom stereocenters. The Hall–Kier alpha value is -1.24. The minimum absolute atomic E-state index is 0.638. The Morgan fingerprint density at radius 3 is 1.35 bits per heavy atom. The molecule has 0 aliphatic heterocycles. The van der Waals surface area contributed by atoms with Crippen molar-refractivity contribution < 1.29 is 0 Å². The minimum Gasteiger partial charge on any atom is -0.367 e. The molecule has 1 N–H and O–H groups in total. The van der Waals surface area contributed by atoms with Gasteiger partial charge in [-0.25, -0.2) is 0 Å². The second-order valence-corrected chi connectivity index (χ2v) is 7.57. The van der Waals surface area contributed by atoms with Crippen molar-refractivity contribution in [3.05, 3.63) is 46.8 Å². The smallest absolute Gasteiger partial charge is 0.00429 e. The van der Waals surface area contributed by atoms with Crippen LogP contribution in [0.25, 0.3) is 0 Å². The van der Waals surface area contributed by atoms with E-state index in [0.29, 0.717) is 17.8 Å². The van der Waals surface area contributed by atoms with Crippen LogP contribution < -0.4 is 0 Å². The number of H-pyrrole nitrogens is 1. The van der Waals surface area contributed by atoms with Crippen LogP contribution in [0.1, 0.15) is 112 Å². The molecule has 152 valence electrons. The molecule has 1 aliphatic carbocycles. The van der Waals surface area contributed by atoms with Crippen LogP contribution in [-0.2, 0) is 0 Å². The summed E-state index contributed by atoms with van der Waals surface area (Å²) in [5.41, 5.74) is 6.13. The highest BCUT2D eigenvalue weighted by Crippen LogP contribution is 2.30. The van der Waals surface area contributed by atoms with Gasteiger partial charge < -0.3 is 4.98 Å². The molecule has 1 aliphatic rings. The SMILES string of the molecule is CC.CC.CC(C)C1=C(C(C)C)CC=C1.CC(C)c1c[nH]cc1C(C)C. The molecule has 26 heavy (non-hydrogen) atoms. The molecule has 1 aromatic heterocycles. The third-order valence-corrected chi connectivity index (χ3v) is 4.38. The average Bonchev–Trinajstić information content (AvgIpc) is 3.28. The summed E-state index contributed by atoms with van der Waals surface area (Å²) in [4.78, 5) is 3.16. The molecule has 0 aromatic carbocycles. The van der Waals surface area contributed by atoms with Crippen LogP contribution in [0.4, 0.5) is 0 Å². The normalized spacial score (nSPS) is 12.8. The summed E-state index contributed by atoms with van der Waals surface area (Å²) in [6, 6.07) is 0. The topological polar surface area (TPSA) is 15.8 Å². The Morgan fingerprint density at radius 2 is 1.08 bits per heavy atom. The third kappa shape index (κ3) is 8.92. The van der Waals surface area contributed by atoms with Gasteiger partial charge in [-0.1, -0.05) is 101 Å². The van der Waals surface area contributed by atoms with E-state index in [-0.39, 0.29) is 0 Å². The lowest BCUT2D eigenvalue weighted by molar-refractivity contribution is 0.702. The maximum atomic E-state index is 3.16. The minimum atomic E-state index is 0.638. The van der Waals surface area contributed by atoms with Crippen LogP contribution in [0.2, 0.25) is 0 Å². The summed E-state index contributed by atoms with van der Waals surface area (Å²) in [7, 11) is 0. The van der Waals surface area contributed by atoms with Gasteiger partial charge in [0.2, 0.25) is 0 Å². The highest BCUT2D eigenvalue weighted by Gasteiger charge is 2.14. The number of nitrogens with one attached hydrogen (secondary N) is 1. The van der Waals surface area contributed by atoms with E-state index in [2.05, 4.69) is 84.9 Å². The van der Waals surface area contributed by atoms with Gasteiger partial charge in [0.15, 0.2) is 0 Å². The lowest BCUT2D eigenvalue weighted by Gasteiger charge is -2.13. The van der Waals surface area contributed by atoms with Gasteiger partial charge in [-0.2, -0.15) is 0 Å². The average molecular weight is 362 g/mol. The zero-order valence-electron chi connectivity index (χ0n) is 19.8. The Labute approximate surface area is 165 Å². The van der Waals surface area contributed by atoms with Gasteiger partial charge in [0.05, 0.1) is 0 Å². The Balaban J connectivity index is 0. The van der Waals surface area contributed by atoms with Crippen molar-refractivity contribution in [3.63, 3.8) is 0 Å². The highest BCUT2D eigenvalue weighted by molar-refractivity contribution is 5.36. The van der Waals surface area contributed by atoms with Crippen LogP contribution in [0.3, 0.4) is 0 Å². The number of hydrogen-bond donors (Lipinski definition) is 1. The van der Waals surface area contributed by atoms with Crippen molar-refractivity contribution in [2.75, 3.05) is 0 Å². The zero-order valence-corrected chi connectivity index (χ0v) is 19.8. The van der Waals surface area contributed by atoms with Crippen molar-refractivity contribution in [2.24, 2.45) is 11.8 Å². The second kappa shape index (κ2) is 14.9. The Bertz CT molecular complexity index is 488. The molecule has 0 fully saturated rings. The van der Waals surface area contributed by atoms with Gasteiger partial charge in [-0.05, 0) is 46.8 Å². The fraction of sp³-hybridized carbons (Fsp3) is 0.680. The maximum absolute atomic E-state index is 3.16. The first-order valence-electron chi connectivity index (χ1n) is 10.8. The molecule has 0 spiro atoms. The lowest BCUT2D eigenvalue weighted by atomic mass is 9.93. The second-order valence-electron chi connectivity index (χ2n) is 7.57. The molecular formula is C25H47N. The van der Waals surface area contributed by atoms with E-state index in [1.807, 2.05) is 27.7 Å². The molecule has 1 nitrogen and oxygen atoms in total. The van der Waals surface area contributed by atoms with Crippen LogP contribution in [0.5, 0.6) is 0 Å². The third-order valence-electron chi connectivity index (χ3n) is 4.38. The standard InChI is InChI=1S/C11H18.C10H17N.2C2H6/c1-8(2)10-6-5-7-11(10)9(3)4;1-7(2)9-5-11-6-10(9)8(3)4;2*1-2/h5-6,8-9H,7H2,1-4H3;5-8,11H,1-4H3;2*1-2H3. The predicted molar refractivity (Wildman–Crippen MR) is 122 cm³/mol. The van der Waals surface area contributed by atoms with E-state index in [0.717, 1.165) is 5.92 Å². The van der Waals surface area contributed by atoms with Gasteiger partial charge in [0, 0.05) is 12.4 Å². The lowest BCUT2D eigenvalue weighted by Crippen LogP contribution is -1.98. The molecule has 0 amide bonds. The molecule has 0 bridgehead atoms. The first-order valence-corrected chi connectivity index (χ1v) is 10.8. The van der Waals surface area contributed by atoms with Crippen LogP contribution in [-0.4, -0.2) is 4.98 Å². The summed E-state index contributed by atoms with van der Waals surface area (Å²) in [6.45, 7) is 26.0. The highest BCUT2D eigenvalue weighted by atomic mass is 14.6.